The molecule has 0 aliphatic carbocycles. The van der Waals surface area contributed by atoms with Crippen molar-refractivity contribution >= 4 is 23.4 Å². The number of hydrogen-bond donors (Lipinski definition) is 2. The fraction of sp³-hybridized carbons (Fsp3) is 0.579. The van der Waals surface area contributed by atoms with Gasteiger partial charge in [-0.25, -0.2) is 4.79 Å². The minimum atomic E-state index is -0.528. The topological polar surface area (TPSA) is 93.9 Å². The zero-order valence-corrected chi connectivity index (χ0v) is 16.1. The predicted octanol–water partition coefficient (Wildman–Crippen LogP) is 2.86. The first-order chi connectivity index (χ1) is 12.2. The summed E-state index contributed by atoms with van der Waals surface area (Å²) in [5, 5.41) is 2.72. The van der Waals surface area contributed by atoms with Crippen molar-refractivity contribution in [3.8, 4) is 5.75 Å². The number of nitrogens with two attached hydrogens (primary N) is 1. The Morgan fingerprint density at radius 3 is 2.69 bits per heavy atom. The van der Waals surface area contributed by atoms with Crippen LogP contribution in [-0.2, 0) is 16.0 Å². The number of anilines is 2. The molecule has 1 aliphatic heterocycles. The Hall–Kier alpha value is -2.44. The summed E-state index contributed by atoms with van der Waals surface area (Å²) in [4.78, 5) is 26.0. The number of amides is 2. The Morgan fingerprint density at radius 2 is 2.04 bits per heavy atom. The Balaban J connectivity index is 2.03. The third-order valence-electron chi connectivity index (χ3n) is 4.11. The number of ether oxygens (including phenoxy) is 2. The average Bonchev–Trinajstić information content (AvgIpc) is 2.69. The van der Waals surface area contributed by atoms with E-state index < -0.39 is 11.7 Å². The number of carbonyl (C=O) groups excluding carboxylic acids is 2. The molecule has 0 bridgehead atoms. The van der Waals surface area contributed by atoms with Crippen molar-refractivity contribution in [2.45, 2.75) is 52.1 Å². The van der Waals surface area contributed by atoms with Crippen molar-refractivity contribution in [1.29, 1.82) is 0 Å². The molecule has 0 spiro atoms. The van der Waals surface area contributed by atoms with Gasteiger partial charge >= 0.3 is 6.09 Å². The van der Waals surface area contributed by atoms with Gasteiger partial charge in [0.25, 0.3) is 0 Å². The number of rotatable bonds is 5. The Bertz CT molecular complexity index is 667. The van der Waals surface area contributed by atoms with Gasteiger partial charge in [-0.2, -0.15) is 0 Å². The molecule has 0 fully saturated rings. The molecule has 144 valence electrons. The van der Waals surface area contributed by atoms with Crippen LogP contribution in [0.2, 0.25) is 0 Å². The first kappa shape index (κ1) is 19.9. The van der Waals surface area contributed by atoms with Gasteiger partial charge in [0.1, 0.15) is 11.4 Å². The molecular weight excluding hydrogens is 334 g/mol. The van der Waals surface area contributed by atoms with Crippen molar-refractivity contribution in [3.05, 3.63) is 17.7 Å². The van der Waals surface area contributed by atoms with Crippen molar-refractivity contribution in [1.82, 2.24) is 5.32 Å². The summed E-state index contributed by atoms with van der Waals surface area (Å²) < 4.78 is 10.7. The van der Waals surface area contributed by atoms with Gasteiger partial charge in [0.2, 0.25) is 5.91 Å². The van der Waals surface area contributed by atoms with Crippen LogP contribution < -0.4 is 20.7 Å². The minimum Gasteiger partial charge on any atom is -0.494 e. The molecule has 26 heavy (non-hydrogen) atoms. The summed E-state index contributed by atoms with van der Waals surface area (Å²) in [6, 6.07) is 3.64. The summed E-state index contributed by atoms with van der Waals surface area (Å²) in [5.41, 5.74) is 7.86. The Morgan fingerprint density at radius 1 is 1.31 bits per heavy atom. The molecule has 0 aromatic heterocycles. The monoisotopic (exact) mass is 363 g/mol. The minimum absolute atomic E-state index is 0.0767. The number of nitrogens with one attached hydrogen (secondary N) is 1. The quantitative estimate of drug-likeness (QED) is 0.620. The molecule has 1 aromatic rings. The molecular formula is C19H29N3O4. The smallest absolute Gasteiger partial charge is 0.407 e. The molecule has 0 saturated heterocycles. The van der Waals surface area contributed by atoms with Crippen LogP contribution in [0.15, 0.2) is 12.1 Å². The van der Waals surface area contributed by atoms with E-state index in [4.69, 9.17) is 15.2 Å². The van der Waals surface area contributed by atoms with Crippen molar-refractivity contribution in [3.63, 3.8) is 0 Å². The maximum absolute atomic E-state index is 12.5. The van der Waals surface area contributed by atoms with Crippen LogP contribution in [0.25, 0.3) is 0 Å². The number of hydrogen-bond acceptors (Lipinski definition) is 5. The lowest BCUT2D eigenvalue weighted by molar-refractivity contribution is -0.118. The Labute approximate surface area is 154 Å². The van der Waals surface area contributed by atoms with Gasteiger partial charge < -0.3 is 25.4 Å². The number of nitrogen functional groups attached to an aromatic ring is 1. The molecule has 0 saturated carbocycles. The summed E-state index contributed by atoms with van der Waals surface area (Å²) in [7, 11) is 1.59. The lowest BCUT2D eigenvalue weighted by atomic mass is 10.0. The van der Waals surface area contributed by atoms with Crippen LogP contribution in [0.5, 0.6) is 5.75 Å². The first-order valence-corrected chi connectivity index (χ1v) is 8.95. The number of fused-ring (bicyclic) bond motifs is 1. The molecule has 0 radical (unpaired) electrons. The third-order valence-corrected chi connectivity index (χ3v) is 4.11. The zero-order valence-electron chi connectivity index (χ0n) is 16.1. The maximum atomic E-state index is 12.5. The molecule has 0 atom stereocenters. The van der Waals surface area contributed by atoms with Gasteiger partial charge in [0, 0.05) is 25.1 Å². The highest BCUT2D eigenvalue weighted by molar-refractivity contribution is 5.96. The lowest BCUT2D eigenvalue weighted by Crippen LogP contribution is -2.36. The van der Waals surface area contributed by atoms with Crippen LogP contribution in [0.1, 0.15) is 45.6 Å². The second-order valence-electron chi connectivity index (χ2n) is 7.37. The van der Waals surface area contributed by atoms with E-state index in [-0.39, 0.29) is 5.91 Å². The van der Waals surface area contributed by atoms with E-state index >= 15 is 0 Å². The van der Waals surface area contributed by atoms with Crippen LogP contribution in [0, 0.1) is 0 Å². The second-order valence-corrected chi connectivity index (χ2v) is 7.37. The predicted molar refractivity (Wildman–Crippen MR) is 102 cm³/mol. The zero-order chi connectivity index (χ0) is 19.3. The average molecular weight is 363 g/mol. The molecule has 2 rings (SSSR count). The molecule has 7 nitrogen and oxygen atoms in total. The summed E-state index contributed by atoms with van der Waals surface area (Å²) in [6.45, 7) is 6.39. The maximum Gasteiger partial charge on any atom is 0.407 e. The van der Waals surface area contributed by atoms with Crippen molar-refractivity contribution in [2.75, 3.05) is 30.8 Å². The highest BCUT2D eigenvalue weighted by Crippen LogP contribution is 2.37. The van der Waals surface area contributed by atoms with Gasteiger partial charge in [-0.1, -0.05) is 0 Å². The molecule has 1 heterocycles. The second kappa shape index (κ2) is 8.29. The molecule has 7 heteroatoms. The van der Waals surface area contributed by atoms with Crippen LogP contribution in [-0.4, -0.2) is 37.8 Å². The number of alkyl carbamates (subject to hydrolysis) is 1. The summed E-state index contributed by atoms with van der Waals surface area (Å²) in [6.07, 6.45) is 2.17. The molecule has 0 unspecified atom stereocenters. The van der Waals surface area contributed by atoms with E-state index in [0.717, 1.165) is 24.1 Å². The van der Waals surface area contributed by atoms with Gasteiger partial charge in [0.05, 0.1) is 18.5 Å². The van der Waals surface area contributed by atoms with Gasteiger partial charge in [-0.15, -0.1) is 0 Å². The lowest BCUT2D eigenvalue weighted by Gasteiger charge is -2.25. The number of benzene rings is 1. The van der Waals surface area contributed by atoms with Gasteiger partial charge in [-0.3, -0.25) is 4.79 Å². The number of methoxy groups -OCH3 is 1. The van der Waals surface area contributed by atoms with Crippen molar-refractivity contribution in [2.24, 2.45) is 0 Å². The molecule has 1 aliphatic rings. The van der Waals surface area contributed by atoms with E-state index in [0.29, 0.717) is 37.4 Å². The SMILES string of the molecule is COc1c(N)ccc2c1CCCC(=O)N2CCCNC(=O)OC(C)(C)C. The highest BCUT2D eigenvalue weighted by atomic mass is 16.6. The fourth-order valence-corrected chi connectivity index (χ4v) is 3.04. The Kier molecular flexibility index (Phi) is 6.34. The van der Waals surface area contributed by atoms with Crippen LogP contribution in [0.4, 0.5) is 16.2 Å². The molecule has 1 aromatic carbocycles. The van der Waals surface area contributed by atoms with Gasteiger partial charge in [-0.05, 0) is 52.2 Å². The van der Waals surface area contributed by atoms with E-state index in [2.05, 4.69) is 5.32 Å². The van der Waals surface area contributed by atoms with E-state index in [1.807, 2.05) is 26.8 Å². The normalized spacial score (nSPS) is 14.5. The summed E-state index contributed by atoms with van der Waals surface area (Å²) >= 11 is 0. The summed E-state index contributed by atoms with van der Waals surface area (Å²) in [5.74, 6) is 0.724. The van der Waals surface area contributed by atoms with Crippen LogP contribution >= 0.6 is 0 Å². The van der Waals surface area contributed by atoms with Crippen LogP contribution in [0.3, 0.4) is 0 Å². The fourth-order valence-electron chi connectivity index (χ4n) is 3.04. The van der Waals surface area contributed by atoms with E-state index in [1.165, 1.54) is 0 Å². The van der Waals surface area contributed by atoms with Gasteiger partial charge in [0.15, 0.2) is 0 Å². The van der Waals surface area contributed by atoms with Crippen molar-refractivity contribution < 1.29 is 19.1 Å². The number of carbonyl (C=O) groups is 2. The standard InChI is InChI=1S/C19H29N3O4/c1-19(2,3)26-18(24)21-11-6-12-22-15-10-9-14(20)17(25-4)13(15)7-5-8-16(22)23/h9-10H,5-8,11-12,20H2,1-4H3,(H,21,24). The van der Waals surface area contributed by atoms with E-state index in [9.17, 15) is 9.59 Å². The molecule has 3 N–H and O–H groups in total. The third kappa shape index (κ3) is 5.03. The van der Waals surface area contributed by atoms with E-state index in [1.54, 1.807) is 18.1 Å². The first-order valence-electron chi connectivity index (χ1n) is 8.95. The highest BCUT2D eigenvalue weighted by Gasteiger charge is 2.25. The number of nitrogens with zero attached hydrogens (tertiary/aromatic N) is 1. The largest absolute Gasteiger partial charge is 0.494 e. The molecule has 2 amide bonds.